The molecule has 0 saturated heterocycles. The summed E-state index contributed by atoms with van der Waals surface area (Å²) in [6, 6.07) is 6.68. The zero-order valence-corrected chi connectivity index (χ0v) is 16.6. The summed E-state index contributed by atoms with van der Waals surface area (Å²) in [6.07, 6.45) is 3.87. The van der Waals surface area contributed by atoms with Gasteiger partial charge in [-0.25, -0.2) is 28.1 Å². The summed E-state index contributed by atoms with van der Waals surface area (Å²) in [7, 11) is 0. The molecule has 0 fully saturated rings. The Bertz CT molecular complexity index is 1520. The number of imidazole rings is 1. The minimum Gasteiger partial charge on any atom is -0.362 e. The lowest BCUT2D eigenvalue weighted by Crippen LogP contribution is -2.21. The van der Waals surface area contributed by atoms with Crippen LogP contribution in [0.2, 0.25) is 0 Å². The van der Waals surface area contributed by atoms with Gasteiger partial charge in [0.2, 0.25) is 0 Å². The quantitative estimate of drug-likeness (QED) is 0.440. The van der Waals surface area contributed by atoms with E-state index in [0.717, 1.165) is 28.8 Å². The molecule has 0 saturated carbocycles. The highest BCUT2D eigenvalue weighted by atomic mass is 19.1. The number of nitrogens with one attached hydrogen (secondary N) is 2. The fourth-order valence-electron chi connectivity index (χ4n) is 3.74. The largest absolute Gasteiger partial charge is 0.362 e. The molecule has 4 heterocycles. The van der Waals surface area contributed by atoms with Crippen LogP contribution in [0, 0.1) is 17.5 Å². The Morgan fingerprint density at radius 2 is 1.78 bits per heavy atom. The van der Waals surface area contributed by atoms with Crippen LogP contribution in [0.25, 0.3) is 27.8 Å². The van der Waals surface area contributed by atoms with E-state index in [4.69, 9.17) is 0 Å². The van der Waals surface area contributed by atoms with Crippen LogP contribution in [0.5, 0.6) is 0 Å². The molecule has 0 aliphatic carbocycles. The first-order valence-corrected chi connectivity index (χ1v) is 9.62. The molecule has 0 unspecified atom stereocenters. The van der Waals surface area contributed by atoms with E-state index in [-0.39, 0.29) is 11.1 Å². The molecule has 0 bridgehead atoms. The lowest BCUT2D eigenvalue weighted by atomic mass is 9.96. The van der Waals surface area contributed by atoms with Crippen LogP contribution in [-0.4, -0.2) is 24.3 Å². The molecule has 0 aliphatic rings. The van der Waals surface area contributed by atoms with Gasteiger partial charge in [-0.1, -0.05) is 0 Å². The Labute approximate surface area is 178 Å². The molecule has 1 aromatic carbocycles. The Morgan fingerprint density at radius 3 is 2.56 bits per heavy atom. The third-order valence-electron chi connectivity index (χ3n) is 5.16. The number of hydrogen-bond donors (Lipinski definition) is 2. The van der Waals surface area contributed by atoms with Gasteiger partial charge in [-0.3, -0.25) is 9.20 Å². The Hall–Kier alpha value is -4.21. The van der Waals surface area contributed by atoms with Crippen molar-refractivity contribution >= 4 is 22.5 Å². The van der Waals surface area contributed by atoms with Crippen molar-refractivity contribution in [3.63, 3.8) is 0 Å². The van der Waals surface area contributed by atoms with Gasteiger partial charge in [-0.2, -0.15) is 0 Å². The second-order valence-electron chi connectivity index (χ2n) is 7.27. The van der Waals surface area contributed by atoms with Crippen LogP contribution in [0.1, 0.15) is 18.5 Å². The number of nitrogens with zero attached hydrogens (tertiary/aromatic N) is 4. The van der Waals surface area contributed by atoms with Crippen LogP contribution < -0.4 is 10.9 Å². The van der Waals surface area contributed by atoms with E-state index in [2.05, 4.69) is 25.3 Å². The van der Waals surface area contributed by atoms with Crippen LogP contribution in [-0.2, 0) is 0 Å². The average Bonchev–Trinajstić information content (AvgIpc) is 3.23. The van der Waals surface area contributed by atoms with Crippen molar-refractivity contribution in [2.24, 2.45) is 0 Å². The van der Waals surface area contributed by atoms with Crippen molar-refractivity contribution in [3.05, 3.63) is 88.6 Å². The molecule has 5 rings (SSSR count). The van der Waals surface area contributed by atoms with E-state index in [1.54, 1.807) is 13.0 Å². The van der Waals surface area contributed by atoms with Gasteiger partial charge < -0.3 is 10.3 Å². The summed E-state index contributed by atoms with van der Waals surface area (Å²) in [5, 5.41) is 3.19. The number of hydrogen-bond acceptors (Lipinski definition) is 5. The smallest absolute Gasteiger partial charge is 0.263 e. The summed E-state index contributed by atoms with van der Waals surface area (Å²) in [5.41, 5.74) is 1.38. The van der Waals surface area contributed by atoms with Crippen LogP contribution in [0.3, 0.4) is 0 Å². The summed E-state index contributed by atoms with van der Waals surface area (Å²) < 4.78 is 42.9. The molecule has 10 heteroatoms. The molecular formula is C22H15F3N6O. The van der Waals surface area contributed by atoms with E-state index in [9.17, 15) is 18.0 Å². The van der Waals surface area contributed by atoms with Crippen molar-refractivity contribution in [2.75, 3.05) is 5.32 Å². The topological polar surface area (TPSA) is 88.0 Å². The molecule has 1 atom stereocenters. The lowest BCUT2D eigenvalue weighted by molar-refractivity contribution is 0.584. The summed E-state index contributed by atoms with van der Waals surface area (Å²) >= 11 is 0. The van der Waals surface area contributed by atoms with E-state index in [1.165, 1.54) is 24.8 Å². The van der Waals surface area contributed by atoms with Crippen molar-refractivity contribution in [1.29, 1.82) is 0 Å². The van der Waals surface area contributed by atoms with Gasteiger partial charge in [-0.15, -0.1) is 0 Å². The average molecular weight is 436 g/mol. The molecule has 7 nitrogen and oxygen atoms in total. The first kappa shape index (κ1) is 19.7. The van der Waals surface area contributed by atoms with Gasteiger partial charge in [0, 0.05) is 17.8 Å². The van der Waals surface area contributed by atoms with E-state index in [0.29, 0.717) is 28.1 Å². The molecule has 5 aromatic rings. The maximum Gasteiger partial charge on any atom is 0.263 e. The number of aromatic nitrogens is 5. The zero-order valence-electron chi connectivity index (χ0n) is 16.6. The van der Waals surface area contributed by atoms with Gasteiger partial charge in [0.1, 0.15) is 29.3 Å². The van der Waals surface area contributed by atoms with Gasteiger partial charge >= 0.3 is 0 Å². The van der Waals surface area contributed by atoms with Crippen LogP contribution in [0.15, 0.2) is 60.0 Å². The van der Waals surface area contributed by atoms with Gasteiger partial charge in [0.05, 0.1) is 17.9 Å². The lowest BCUT2D eigenvalue weighted by Gasteiger charge is -2.20. The number of aromatic amines is 1. The van der Waals surface area contributed by atoms with Crippen molar-refractivity contribution in [2.45, 2.75) is 13.0 Å². The molecule has 0 radical (unpaired) electrons. The number of rotatable bonds is 4. The van der Waals surface area contributed by atoms with Gasteiger partial charge in [-0.05, 0) is 48.4 Å². The number of fused-ring (bicyclic) bond motifs is 2. The van der Waals surface area contributed by atoms with E-state index < -0.39 is 29.1 Å². The fraction of sp³-hybridized carbons (Fsp3) is 0.0909. The molecule has 4 aromatic heterocycles. The summed E-state index contributed by atoms with van der Waals surface area (Å²) in [5.74, 6) is -1.86. The number of halogens is 3. The second kappa shape index (κ2) is 7.49. The maximum absolute atomic E-state index is 14.0. The molecule has 32 heavy (non-hydrogen) atoms. The zero-order chi connectivity index (χ0) is 22.4. The third kappa shape index (κ3) is 3.35. The standard InChI is InChI=1S/C22H15F3N6O/c1-11(30-21-19-20(27-9-26-19)28-10-29-21)17-7-16-3-2-13(23)8-31(16)22(32)18(17)12-4-14(24)6-15(25)5-12/h2-11H,1H3,(H2,26,27,28,29,30)/t11-/m0/s1. The first-order valence-electron chi connectivity index (χ1n) is 9.62. The minimum absolute atomic E-state index is 0.0406. The second-order valence-corrected chi connectivity index (χ2v) is 7.27. The predicted molar refractivity (Wildman–Crippen MR) is 113 cm³/mol. The molecule has 0 spiro atoms. The SMILES string of the molecule is C[C@H](Nc1ncnc2[nH]cnc12)c1cc2ccc(F)cn2c(=O)c1-c1cc(F)cc(F)c1. The predicted octanol–water partition coefficient (Wildman–Crippen LogP) is 4.22. The number of pyridine rings is 2. The van der Waals surface area contributed by atoms with Crippen molar-refractivity contribution in [3.8, 4) is 11.1 Å². The maximum atomic E-state index is 14.0. The van der Waals surface area contributed by atoms with Crippen molar-refractivity contribution < 1.29 is 13.2 Å². The molecule has 160 valence electrons. The highest BCUT2D eigenvalue weighted by Gasteiger charge is 2.21. The third-order valence-corrected chi connectivity index (χ3v) is 5.16. The highest BCUT2D eigenvalue weighted by Crippen LogP contribution is 2.30. The highest BCUT2D eigenvalue weighted by molar-refractivity contribution is 5.82. The number of anilines is 1. The normalized spacial score (nSPS) is 12.4. The molecule has 2 N–H and O–H groups in total. The summed E-state index contributed by atoms with van der Waals surface area (Å²) in [4.78, 5) is 28.7. The monoisotopic (exact) mass is 436 g/mol. The summed E-state index contributed by atoms with van der Waals surface area (Å²) in [6.45, 7) is 1.77. The molecule has 0 aliphatic heterocycles. The Balaban J connectivity index is 1.73. The van der Waals surface area contributed by atoms with E-state index >= 15 is 0 Å². The van der Waals surface area contributed by atoms with Crippen LogP contribution in [0.4, 0.5) is 19.0 Å². The first-order chi connectivity index (χ1) is 15.4. The Kier molecular flexibility index (Phi) is 4.62. The van der Waals surface area contributed by atoms with Gasteiger partial charge in [0.15, 0.2) is 11.5 Å². The Morgan fingerprint density at radius 1 is 1.00 bits per heavy atom. The van der Waals surface area contributed by atoms with Crippen molar-refractivity contribution in [1.82, 2.24) is 24.3 Å². The number of H-pyrrole nitrogens is 1. The molecular weight excluding hydrogens is 421 g/mol. The fourth-order valence-corrected chi connectivity index (χ4v) is 3.74. The van der Waals surface area contributed by atoms with Gasteiger partial charge in [0.25, 0.3) is 5.56 Å². The van der Waals surface area contributed by atoms with E-state index in [1.807, 2.05) is 0 Å². The number of benzene rings is 1. The van der Waals surface area contributed by atoms with Crippen LogP contribution >= 0.6 is 0 Å². The minimum atomic E-state index is -0.829. The molecule has 0 amide bonds.